The van der Waals surface area contributed by atoms with E-state index in [1.807, 2.05) is 0 Å². The molecule has 2 aromatic heterocycles. The molecule has 0 aliphatic carbocycles. The van der Waals surface area contributed by atoms with Crippen LogP contribution in [0.25, 0.3) is 0 Å². The normalized spacial score (nSPS) is 9.58. The molecule has 19 heavy (non-hydrogen) atoms. The van der Waals surface area contributed by atoms with Gasteiger partial charge in [0.15, 0.2) is 0 Å². The zero-order valence-electron chi connectivity index (χ0n) is 9.17. The van der Waals surface area contributed by atoms with E-state index in [2.05, 4.69) is 15.4 Å². The summed E-state index contributed by atoms with van der Waals surface area (Å²) in [4.78, 5) is 5.51. The summed E-state index contributed by atoms with van der Waals surface area (Å²) in [6.07, 6.45) is 0. The molecule has 0 unspecified atom stereocenters. The second-order valence-electron chi connectivity index (χ2n) is 3.08. The van der Waals surface area contributed by atoms with Crippen molar-refractivity contribution in [2.75, 3.05) is 5.43 Å². The molecule has 0 aliphatic rings. The quantitative estimate of drug-likeness (QED) is 0.363. The van der Waals surface area contributed by atoms with Gasteiger partial charge in [-0.2, -0.15) is 27.5 Å². The molecule has 2 rings (SSSR count). The highest BCUT2D eigenvalue weighted by atomic mass is 19.2. The molecule has 3 N–H and O–H groups in total. The number of anilines is 1. The lowest BCUT2D eigenvalue weighted by atomic mass is 10.4. The van der Waals surface area contributed by atoms with Crippen LogP contribution >= 0.6 is 0 Å². The molecular formula is C10H7F5N4. The van der Waals surface area contributed by atoms with Gasteiger partial charge >= 0.3 is 0 Å². The first-order valence-corrected chi connectivity index (χ1v) is 4.69. The molecule has 0 bridgehead atoms. The van der Waals surface area contributed by atoms with Crippen LogP contribution in [0.3, 0.4) is 0 Å². The summed E-state index contributed by atoms with van der Waals surface area (Å²) in [5.74, 6) is -0.164. The molecule has 0 atom stereocenters. The van der Waals surface area contributed by atoms with Gasteiger partial charge in [0.2, 0.25) is 23.8 Å². The van der Waals surface area contributed by atoms with Crippen molar-refractivity contribution in [1.29, 1.82) is 0 Å². The maximum atomic E-state index is 12.2. The fourth-order valence-corrected chi connectivity index (χ4v) is 0.984. The predicted molar refractivity (Wildman–Crippen MR) is 56.1 cm³/mol. The van der Waals surface area contributed by atoms with Crippen molar-refractivity contribution < 1.29 is 22.0 Å². The van der Waals surface area contributed by atoms with E-state index in [0.29, 0.717) is 12.1 Å². The molecular weight excluding hydrogens is 271 g/mol. The molecule has 0 saturated carbocycles. The second-order valence-corrected chi connectivity index (χ2v) is 3.08. The van der Waals surface area contributed by atoms with Crippen LogP contribution < -0.4 is 11.3 Å². The van der Waals surface area contributed by atoms with Crippen molar-refractivity contribution in [2.24, 2.45) is 5.84 Å². The third kappa shape index (κ3) is 5.25. The van der Waals surface area contributed by atoms with Gasteiger partial charge in [0.25, 0.3) is 0 Å². The molecule has 0 radical (unpaired) electrons. The Kier molecular flexibility index (Phi) is 5.12. The molecule has 0 aromatic carbocycles. The van der Waals surface area contributed by atoms with Gasteiger partial charge in [-0.3, -0.25) is 5.84 Å². The minimum atomic E-state index is -1.15. The number of halogens is 5. The first kappa shape index (κ1) is 14.8. The summed E-state index contributed by atoms with van der Waals surface area (Å²) in [7, 11) is 0. The van der Waals surface area contributed by atoms with Gasteiger partial charge in [0.1, 0.15) is 5.82 Å². The highest BCUT2D eigenvalue weighted by Gasteiger charge is 1.99. The zero-order chi connectivity index (χ0) is 14.4. The van der Waals surface area contributed by atoms with Crippen molar-refractivity contribution >= 4 is 5.69 Å². The number of nitrogen functional groups attached to an aromatic ring is 1. The van der Waals surface area contributed by atoms with E-state index >= 15 is 0 Å². The highest BCUT2D eigenvalue weighted by molar-refractivity contribution is 5.39. The van der Waals surface area contributed by atoms with E-state index in [4.69, 9.17) is 5.84 Å². The Morgan fingerprint density at radius 2 is 1.11 bits per heavy atom. The average Bonchev–Trinajstić information content (AvgIpc) is 2.26. The number of hydrogen-bond donors (Lipinski definition) is 2. The summed E-state index contributed by atoms with van der Waals surface area (Å²) in [6.45, 7) is 0. The van der Waals surface area contributed by atoms with Gasteiger partial charge in [-0.1, -0.05) is 0 Å². The molecule has 102 valence electrons. The topological polar surface area (TPSA) is 63.8 Å². The van der Waals surface area contributed by atoms with Gasteiger partial charge in [-0.05, 0) is 0 Å². The Bertz CT molecular complexity index is 493. The number of hydrazine groups is 1. The molecule has 0 amide bonds. The Hall–Kier alpha value is -2.29. The van der Waals surface area contributed by atoms with Crippen molar-refractivity contribution in [2.45, 2.75) is 0 Å². The van der Waals surface area contributed by atoms with Crippen LogP contribution in [0.1, 0.15) is 0 Å². The van der Waals surface area contributed by atoms with Crippen molar-refractivity contribution in [1.82, 2.24) is 9.97 Å². The van der Waals surface area contributed by atoms with E-state index in [0.717, 1.165) is 12.1 Å². The lowest BCUT2D eigenvalue weighted by Gasteiger charge is -1.97. The number of nitrogens with one attached hydrogen (secondary N) is 1. The Balaban J connectivity index is 0.000000191. The van der Waals surface area contributed by atoms with Crippen molar-refractivity contribution in [3.8, 4) is 0 Å². The maximum Gasteiger partial charge on any atom is 0.218 e. The van der Waals surface area contributed by atoms with Gasteiger partial charge in [0, 0.05) is 24.3 Å². The average molecular weight is 278 g/mol. The van der Waals surface area contributed by atoms with E-state index in [9.17, 15) is 22.0 Å². The van der Waals surface area contributed by atoms with Crippen LogP contribution in [0.2, 0.25) is 0 Å². The van der Waals surface area contributed by atoms with E-state index in [-0.39, 0.29) is 5.69 Å². The molecule has 0 saturated heterocycles. The number of pyridine rings is 2. The van der Waals surface area contributed by atoms with E-state index < -0.39 is 29.6 Å². The Morgan fingerprint density at radius 3 is 1.42 bits per heavy atom. The minimum Gasteiger partial charge on any atom is -0.324 e. The molecule has 9 heteroatoms. The minimum absolute atomic E-state index is 0.157. The fourth-order valence-electron chi connectivity index (χ4n) is 0.984. The standard InChI is InChI=1S/C5H2F3N.C5H5F2N3/c6-3-1-4(7)9-5(8)2-3;6-4-1-3(10-8)2-5(7)9-4/h1-2H;1-2H,8H2,(H,9,10). The van der Waals surface area contributed by atoms with Gasteiger partial charge < -0.3 is 5.43 Å². The Labute approximate surface area is 104 Å². The molecule has 2 aromatic rings. The van der Waals surface area contributed by atoms with Gasteiger partial charge in [0.05, 0.1) is 5.69 Å². The third-order valence-corrected chi connectivity index (χ3v) is 1.66. The van der Waals surface area contributed by atoms with Crippen LogP contribution in [0, 0.1) is 29.6 Å². The molecule has 2 heterocycles. The molecule has 4 nitrogen and oxygen atoms in total. The third-order valence-electron chi connectivity index (χ3n) is 1.66. The van der Waals surface area contributed by atoms with Gasteiger partial charge in [-0.15, -0.1) is 0 Å². The van der Waals surface area contributed by atoms with Crippen molar-refractivity contribution in [3.05, 3.63) is 53.9 Å². The smallest absolute Gasteiger partial charge is 0.218 e. The van der Waals surface area contributed by atoms with Crippen LogP contribution in [0.5, 0.6) is 0 Å². The number of hydrogen-bond acceptors (Lipinski definition) is 4. The summed E-state index contributed by atoms with van der Waals surface area (Å²) in [5, 5.41) is 0. The first-order valence-electron chi connectivity index (χ1n) is 4.69. The monoisotopic (exact) mass is 278 g/mol. The predicted octanol–water partition coefficient (Wildman–Crippen LogP) is 2.14. The molecule has 0 spiro atoms. The SMILES string of the molecule is Fc1cc(F)nc(F)c1.NNc1cc(F)nc(F)c1. The lowest BCUT2D eigenvalue weighted by Crippen LogP contribution is -2.07. The Morgan fingerprint density at radius 1 is 0.737 bits per heavy atom. The van der Waals surface area contributed by atoms with E-state index in [1.165, 1.54) is 0 Å². The number of nitrogens with two attached hydrogens (primary N) is 1. The highest BCUT2D eigenvalue weighted by Crippen LogP contribution is 2.07. The molecule has 0 fully saturated rings. The van der Waals surface area contributed by atoms with Crippen LogP contribution in [0.15, 0.2) is 24.3 Å². The molecule has 0 aliphatic heterocycles. The van der Waals surface area contributed by atoms with Gasteiger partial charge in [-0.25, -0.2) is 4.39 Å². The summed E-state index contributed by atoms with van der Waals surface area (Å²) >= 11 is 0. The summed E-state index contributed by atoms with van der Waals surface area (Å²) in [5.41, 5.74) is 2.25. The number of rotatable bonds is 1. The van der Waals surface area contributed by atoms with Crippen LogP contribution in [0.4, 0.5) is 27.6 Å². The van der Waals surface area contributed by atoms with Crippen molar-refractivity contribution in [3.63, 3.8) is 0 Å². The zero-order valence-corrected chi connectivity index (χ0v) is 9.17. The summed E-state index contributed by atoms with van der Waals surface area (Å²) < 4.78 is 59.9. The summed E-state index contributed by atoms with van der Waals surface area (Å²) in [6, 6.07) is 2.98. The van der Waals surface area contributed by atoms with Crippen LogP contribution in [-0.4, -0.2) is 9.97 Å². The maximum absolute atomic E-state index is 12.2. The first-order chi connectivity index (χ1) is 8.90. The van der Waals surface area contributed by atoms with E-state index in [1.54, 1.807) is 0 Å². The second kappa shape index (κ2) is 6.59. The fraction of sp³-hybridized carbons (Fsp3) is 0. The number of nitrogens with zero attached hydrogens (tertiary/aromatic N) is 2. The number of aromatic nitrogens is 2. The largest absolute Gasteiger partial charge is 0.324 e. The lowest BCUT2D eigenvalue weighted by molar-refractivity contribution is 0.487. The van der Waals surface area contributed by atoms with Crippen LogP contribution in [-0.2, 0) is 0 Å².